The Morgan fingerprint density at radius 3 is 2.75 bits per heavy atom. The molecular weight excluding hydrogens is 256 g/mol. The highest BCUT2D eigenvalue weighted by Gasteiger charge is 2.19. The summed E-state index contributed by atoms with van der Waals surface area (Å²) in [5.41, 5.74) is 0.964. The van der Waals surface area contributed by atoms with Gasteiger partial charge in [0.1, 0.15) is 6.54 Å². The van der Waals surface area contributed by atoms with Gasteiger partial charge < -0.3 is 10.0 Å². The third-order valence-electron chi connectivity index (χ3n) is 2.83. The first-order valence-electron chi connectivity index (χ1n) is 6.09. The molecule has 1 N–H and O–H groups in total. The van der Waals surface area contributed by atoms with Crippen LogP contribution in [0.3, 0.4) is 0 Å². The number of hydrogen-bond donors (Lipinski definition) is 1. The fourth-order valence-corrected chi connectivity index (χ4v) is 1.99. The van der Waals surface area contributed by atoms with Crippen molar-refractivity contribution in [1.29, 1.82) is 0 Å². The molecule has 0 saturated heterocycles. The molecule has 5 heteroatoms. The SMILES string of the molecule is C=CCN(CC(=O)O)C(=O)c1cccc2cccnc12. The lowest BCUT2D eigenvalue weighted by Crippen LogP contribution is -2.35. The van der Waals surface area contributed by atoms with Crippen LogP contribution in [0.2, 0.25) is 0 Å². The second-order valence-electron chi connectivity index (χ2n) is 4.25. The minimum Gasteiger partial charge on any atom is -0.480 e. The summed E-state index contributed by atoms with van der Waals surface area (Å²) < 4.78 is 0. The highest BCUT2D eigenvalue weighted by atomic mass is 16.4. The molecule has 0 fully saturated rings. The number of carboxylic acid groups (broad SMARTS) is 1. The van der Waals surface area contributed by atoms with Crippen molar-refractivity contribution in [3.05, 3.63) is 54.7 Å². The minimum atomic E-state index is -1.06. The Kier molecular flexibility index (Phi) is 4.10. The van der Waals surface area contributed by atoms with E-state index in [2.05, 4.69) is 11.6 Å². The molecule has 0 spiro atoms. The van der Waals surface area contributed by atoms with E-state index >= 15 is 0 Å². The first kappa shape index (κ1) is 13.7. The zero-order valence-electron chi connectivity index (χ0n) is 10.8. The predicted octanol–water partition coefficient (Wildman–Crippen LogP) is 1.95. The molecule has 102 valence electrons. The van der Waals surface area contributed by atoms with Crippen LogP contribution in [0, 0.1) is 0 Å². The summed E-state index contributed by atoms with van der Waals surface area (Å²) in [6.45, 7) is 3.35. The normalized spacial score (nSPS) is 10.2. The molecular formula is C15H14N2O3. The third-order valence-corrected chi connectivity index (χ3v) is 2.83. The van der Waals surface area contributed by atoms with Gasteiger partial charge in [0.05, 0.1) is 11.1 Å². The van der Waals surface area contributed by atoms with Crippen molar-refractivity contribution in [3.63, 3.8) is 0 Å². The Hall–Kier alpha value is -2.69. The Morgan fingerprint density at radius 2 is 2.05 bits per heavy atom. The van der Waals surface area contributed by atoms with Gasteiger partial charge in [-0.2, -0.15) is 0 Å². The van der Waals surface area contributed by atoms with Crippen LogP contribution in [-0.2, 0) is 4.79 Å². The maximum atomic E-state index is 12.5. The van der Waals surface area contributed by atoms with Crippen LogP contribution in [0.15, 0.2) is 49.2 Å². The lowest BCUT2D eigenvalue weighted by atomic mass is 10.1. The molecule has 2 rings (SSSR count). The molecule has 20 heavy (non-hydrogen) atoms. The molecule has 1 heterocycles. The van der Waals surface area contributed by atoms with E-state index in [0.29, 0.717) is 11.1 Å². The fourth-order valence-electron chi connectivity index (χ4n) is 1.99. The first-order valence-corrected chi connectivity index (χ1v) is 6.09. The zero-order valence-corrected chi connectivity index (χ0v) is 10.8. The average molecular weight is 270 g/mol. The van der Waals surface area contributed by atoms with E-state index in [-0.39, 0.29) is 19.0 Å². The van der Waals surface area contributed by atoms with Crippen LogP contribution in [0.5, 0.6) is 0 Å². The number of aromatic nitrogens is 1. The number of carboxylic acids is 1. The van der Waals surface area contributed by atoms with Gasteiger partial charge in [0.2, 0.25) is 0 Å². The Balaban J connectivity index is 2.43. The van der Waals surface area contributed by atoms with Gasteiger partial charge in [0.25, 0.3) is 5.91 Å². The molecule has 0 saturated carbocycles. The molecule has 0 unspecified atom stereocenters. The monoisotopic (exact) mass is 270 g/mol. The zero-order chi connectivity index (χ0) is 14.5. The molecule has 1 aromatic carbocycles. The standard InChI is InChI=1S/C15H14N2O3/c1-2-9-17(10-13(18)19)15(20)12-7-3-5-11-6-4-8-16-14(11)12/h2-8H,1,9-10H2,(H,18,19). The minimum absolute atomic E-state index is 0.175. The summed E-state index contributed by atoms with van der Waals surface area (Å²) in [5, 5.41) is 9.72. The van der Waals surface area contributed by atoms with Gasteiger partial charge in [-0.25, -0.2) is 0 Å². The molecule has 0 atom stereocenters. The van der Waals surface area contributed by atoms with Crippen molar-refractivity contribution in [2.45, 2.75) is 0 Å². The number of benzene rings is 1. The summed E-state index contributed by atoms with van der Waals surface area (Å²) in [7, 11) is 0. The second-order valence-corrected chi connectivity index (χ2v) is 4.25. The van der Waals surface area contributed by atoms with E-state index in [1.165, 1.54) is 11.0 Å². The molecule has 5 nitrogen and oxygen atoms in total. The van der Waals surface area contributed by atoms with Gasteiger partial charge in [0, 0.05) is 18.1 Å². The smallest absolute Gasteiger partial charge is 0.323 e. The molecule has 1 amide bonds. The molecule has 2 aromatic rings. The number of hydrogen-bond acceptors (Lipinski definition) is 3. The van der Waals surface area contributed by atoms with E-state index in [1.807, 2.05) is 12.1 Å². The van der Waals surface area contributed by atoms with Crippen molar-refractivity contribution in [2.75, 3.05) is 13.1 Å². The molecule has 0 aliphatic heterocycles. The van der Waals surface area contributed by atoms with Crippen molar-refractivity contribution >= 4 is 22.8 Å². The lowest BCUT2D eigenvalue weighted by molar-refractivity contribution is -0.137. The predicted molar refractivity (Wildman–Crippen MR) is 75.5 cm³/mol. The van der Waals surface area contributed by atoms with Crippen molar-refractivity contribution < 1.29 is 14.7 Å². The first-order chi connectivity index (χ1) is 9.63. The third kappa shape index (κ3) is 2.83. The summed E-state index contributed by atoms with van der Waals surface area (Å²) in [5.74, 6) is -1.43. The number of aliphatic carboxylic acids is 1. The number of amides is 1. The average Bonchev–Trinajstić information content (AvgIpc) is 2.45. The number of fused-ring (bicyclic) bond motifs is 1. The number of carbonyl (C=O) groups excluding carboxylic acids is 1. The van der Waals surface area contributed by atoms with E-state index in [9.17, 15) is 9.59 Å². The van der Waals surface area contributed by atoms with Crippen molar-refractivity contribution in [2.24, 2.45) is 0 Å². The fraction of sp³-hybridized carbons (Fsp3) is 0.133. The topological polar surface area (TPSA) is 70.5 Å². The Morgan fingerprint density at radius 1 is 1.30 bits per heavy atom. The largest absolute Gasteiger partial charge is 0.480 e. The van der Waals surface area contributed by atoms with Gasteiger partial charge in [-0.1, -0.05) is 24.3 Å². The van der Waals surface area contributed by atoms with Gasteiger partial charge in [0.15, 0.2) is 0 Å². The van der Waals surface area contributed by atoms with Gasteiger partial charge >= 0.3 is 5.97 Å². The quantitative estimate of drug-likeness (QED) is 0.843. The number of para-hydroxylation sites is 1. The highest BCUT2D eigenvalue weighted by molar-refractivity contribution is 6.06. The van der Waals surface area contributed by atoms with Gasteiger partial charge in [-0.05, 0) is 12.1 Å². The van der Waals surface area contributed by atoms with Crippen molar-refractivity contribution in [3.8, 4) is 0 Å². The molecule has 0 bridgehead atoms. The molecule has 0 aliphatic rings. The van der Waals surface area contributed by atoms with Crippen LogP contribution in [-0.4, -0.2) is 40.0 Å². The van der Waals surface area contributed by atoms with Gasteiger partial charge in [-0.3, -0.25) is 14.6 Å². The lowest BCUT2D eigenvalue weighted by Gasteiger charge is -2.19. The number of pyridine rings is 1. The van der Waals surface area contributed by atoms with E-state index in [4.69, 9.17) is 5.11 Å². The number of carbonyl (C=O) groups is 2. The maximum Gasteiger partial charge on any atom is 0.323 e. The van der Waals surface area contributed by atoms with Crippen molar-refractivity contribution in [1.82, 2.24) is 9.88 Å². The summed E-state index contributed by atoms with van der Waals surface area (Å²) in [6.07, 6.45) is 3.10. The number of nitrogens with zero attached hydrogens (tertiary/aromatic N) is 2. The molecule has 0 radical (unpaired) electrons. The van der Waals surface area contributed by atoms with E-state index < -0.39 is 5.97 Å². The Labute approximate surface area is 116 Å². The Bertz CT molecular complexity index is 662. The van der Waals surface area contributed by atoms with Crippen LogP contribution in [0.1, 0.15) is 10.4 Å². The van der Waals surface area contributed by atoms with E-state index in [1.54, 1.807) is 24.4 Å². The van der Waals surface area contributed by atoms with Crippen LogP contribution in [0.4, 0.5) is 0 Å². The summed E-state index contributed by atoms with van der Waals surface area (Å²) >= 11 is 0. The maximum absolute atomic E-state index is 12.5. The summed E-state index contributed by atoms with van der Waals surface area (Å²) in [6, 6.07) is 8.90. The number of rotatable bonds is 5. The second kappa shape index (κ2) is 5.97. The van der Waals surface area contributed by atoms with Crippen LogP contribution >= 0.6 is 0 Å². The summed E-state index contributed by atoms with van der Waals surface area (Å²) in [4.78, 5) is 28.7. The van der Waals surface area contributed by atoms with Crippen LogP contribution in [0.25, 0.3) is 10.9 Å². The molecule has 1 aromatic heterocycles. The van der Waals surface area contributed by atoms with Gasteiger partial charge in [-0.15, -0.1) is 6.58 Å². The van der Waals surface area contributed by atoms with E-state index in [0.717, 1.165) is 5.39 Å². The highest BCUT2D eigenvalue weighted by Crippen LogP contribution is 2.17. The van der Waals surface area contributed by atoms with Crippen LogP contribution < -0.4 is 0 Å². The molecule has 0 aliphatic carbocycles.